The standard InChI is InChI=1S/C10H23NO3S/c1-5-9(2)11-8-10(3)15(12,13)7-6-14-4/h9-11H,5-8H2,1-4H3. The maximum atomic E-state index is 11.7. The smallest absolute Gasteiger partial charge is 0.156 e. The Morgan fingerprint density at radius 3 is 2.40 bits per heavy atom. The Bertz CT molecular complexity index is 251. The van der Waals surface area contributed by atoms with Crippen LogP contribution in [-0.4, -0.2) is 45.7 Å². The van der Waals surface area contributed by atoms with Crippen molar-refractivity contribution in [2.75, 3.05) is 26.0 Å². The van der Waals surface area contributed by atoms with Gasteiger partial charge in [-0.25, -0.2) is 8.42 Å². The lowest BCUT2D eigenvalue weighted by Crippen LogP contribution is -2.37. The van der Waals surface area contributed by atoms with Crippen molar-refractivity contribution < 1.29 is 13.2 Å². The van der Waals surface area contributed by atoms with Gasteiger partial charge in [-0.05, 0) is 20.3 Å². The lowest BCUT2D eigenvalue weighted by atomic mass is 10.2. The highest BCUT2D eigenvalue weighted by Gasteiger charge is 2.20. The molecule has 0 rings (SSSR count). The van der Waals surface area contributed by atoms with Gasteiger partial charge in [-0.2, -0.15) is 0 Å². The van der Waals surface area contributed by atoms with Crippen molar-refractivity contribution in [3.05, 3.63) is 0 Å². The van der Waals surface area contributed by atoms with Crippen LogP contribution in [0.25, 0.3) is 0 Å². The molecule has 0 aliphatic carbocycles. The van der Waals surface area contributed by atoms with Crippen LogP contribution < -0.4 is 5.32 Å². The molecule has 0 bridgehead atoms. The van der Waals surface area contributed by atoms with Crippen LogP contribution in [0.5, 0.6) is 0 Å². The van der Waals surface area contributed by atoms with Crippen molar-refractivity contribution in [2.45, 2.75) is 38.5 Å². The van der Waals surface area contributed by atoms with Crippen molar-refractivity contribution in [3.8, 4) is 0 Å². The molecule has 0 aromatic rings. The highest BCUT2D eigenvalue weighted by Crippen LogP contribution is 2.02. The summed E-state index contributed by atoms with van der Waals surface area (Å²) in [5, 5.41) is 2.85. The van der Waals surface area contributed by atoms with E-state index in [1.807, 2.05) is 0 Å². The number of nitrogens with one attached hydrogen (secondary N) is 1. The van der Waals surface area contributed by atoms with E-state index >= 15 is 0 Å². The number of hydrogen-bond donors (Lipinski definition) is 1. The van der Waals surface area contributed by atoms with Crippen LogP contribution in [0.3, 0.4) is 0 Å². The molecule has 0 saturated carbocycles. The molecule has 0 aliphatic heterocycles. The molecular weight excluding hydrogens is 214 g/mol. The maximum Gasteiger partial charge on any atom is 0.156 e. The predicted molar refractivity (Wildman–Crippen MR) is 62.9 cm³/mol. The molecule has 4 nitrogen and oxygen atoms in total. The summed E-state index contributed by atoms with van der Waals surface area (Å²) in [6.45, 7) is 6.65. The Labute approximate surface area is 93.3 Å². The fourth-order valence-electron chi connectivity index (χ4n) is 1.04. The molecule has 2 unspecified atom stereocenters. The first-order valence-electron chi connectivity index (χ1n) is 5.38. The Kier molecular flexibility index (Phi) is 7.13. The molecule has 0 aliphatic rings. The summed E-state index contributed by atoms with van der Waals surface area (Å²) in [7, 11) is -1.50. The molecule has 5 heteroatoms. The normalized spacial score (nSPS) is 16.3. The summed E-state index contributed by atoms with van der Waals surface area (Å²) in [5.74, 6) is 0.104. The highest BCUT2D eigenvalue weighted by atomic mass is 32.2. The van der Waals surface area contributed by atoms with E-state index in [-0.39, 0.29) is 17.6 Å². The Morgan fingerprint density at radius 1 is 1.33 bits per heavy atom. The van der Waals surface area contributed by atoms with E-state index in [9.17, 15) is 8.42 Å². The van der Waals surface area contributed by atoms with Crippen LogP contribution >= 0.6 is 0 Å². The second kappa shape index (κ2) is 7.19. The average molecular weight is 237 g/mol. The van der Waals surface area contributed by atoms with Crippen molar-refractivity contribution in [3.63, 3.8) is 0 Å². The molecular formula is C10H23NO3S. The van der Waals surface area contributed by atoms with Crippen LogP contribution in [-0.2, 0) is 14.6 Å². The van der Waals surface area contributed by atoms with E-state index in [1.54, 1.807) is 6.92 Å². The van der Waals surface area contributed by atoms with Gasteiger partial charge >= 0.3 is 0 Å². The zero-order chi connectivity index (χ0) is 11.9. The molecule has 15 heavy (non-hydrogen) atoms. The molecule has 0 saturated heterocycles. The fourth-order valence-corrected chi connectivity index (χ4v) is 2.19. The molecule has 92 valence electrons. The number of hydrogen-bond acceptors (Lipinski definition) is 4. The number of ether oxygens (including phenoxy) is 1. The lowest BCUT2D eigenvalue weighted by Gasteiger charge is -2.16. The Hall–Kier alpha value is -0.130. The minimum absolute atomic E-state index is 0.104. The van der Waals surface area contributed by atoms with Crippen molar-refractivity contribution in [1.82, 2.24) is 5.32 Å². The highest BCUT2D eigenvalue weighted by molar-refractivity contribution is 7.92. The maximum absolute atomic E-state index is 11.7. The van der Waals surface area contributed by atoms with E-state index in [2.05, 4.69) is 19.2 Å². The SMILES string of the molecule is CCC(C)NCC(C)S(=O)(=O)CCOC. The van der Waals surface area contributed by atoms with Crippen molar-refractivity contribution in [2.24, 2.45) is 0 Å². The number of rotatable bonds is 8. The predicted octanol–water partition coefficient (Wildman–Crippen LogP) is 0.824. The van der Waals surface area contributed by atoms with E-state index < -0.39 is 9.84 Å². The molecule has 2 atom stereocenters. The minimum Gasteiger partial charge on any atom is -0.384 e. The zero-order valence-electron chi connectivity index (χ0n) is 10.1. The molecule has 0 fully saturated rings. The van der Waals surface area contributed by atoms with E-state index in [0.717, 1.165) is 6.42 Å². The first-order chi connectivity index (χ1) is 6.94. The van der Waals surface area contributed by atoms with Crippen LogP contribution in [0.4, 0.5) is 0 Å². The van der Waals surface area contributed by atoms with Gasteiger partial charge in [-0.3, -0.25) is 0 Å². The lowest BCUT2D eigenvalue weighted by molar-refractivity contribution is 0.217. The van der Waals surface area contributed by atoms with Gasteiger partial charge < -0.3 is 10.1 Å². The third-order valence-electron chi connectivity index (χ3n) is 2.55. The first kappa shape index (κ1) is 14.9. The molecule has 0 aromatic heterocycles. The van der Waals surface area contributed by atoms with Gasteiger partial charge in [0.2, 0.25) is 0 Å². The summed E-state index contributed by atoms with van der Waals surface area (Å²) < 4.78 is 28.1. The van der Waals surface area contributed by atoms with Crippen molar-refractivity contribution in [1.29, 1.82) is 0 Å². The third-order valence-corrected chi connectivity index (χ3v) is 4.68. The van der Waals surface area contributed by atoms with Crippen LogP contribution in [0.15, 0.2) is 0 Å². The summed E-state index contributed by atoms with van der Waals surface area (Å²) in [6, 6.07) is 0.366. The molecule has 0 amide bonds. The van der Waals surface area contributed by atoms with Gasteiger partial charge in [0.25, 0.3) is 0 Å². The third kappa shape index (κ3) is 6.12. The second-order valence-corrected chi connectivity index (χ2v) is 6.43. The van der Waals surface area contributed by atoms with Gasteiger partial charge in [0, 0.05) is 19.7 Å². The van der Waals surface area contributed by atoms with Crippen LogP contribution in [0.2, 0.25) is 0 Å². The second-order valence-electron chi connectivity index (χ2n) is 3.89. The average Bonchev–Trinajstić information content (AvgIpc) is 2.22. The van der Waals surface area contributed by atoms with Crippen LogP contribution in [0, 0.1) is 0 Å². The van der Waals surface area contributed by atoms with Crippen LogP contribution in [0.1, 0.15) is 27.2 Å². The van der Waals surface area contributed by atoms with E-state index in [1.165, 1.54) is 7.11 Å². The molecule has 0 radical (unpaired) electrons. The largest absolute Gasteiger partial charge is 0.384 e. The number of sulfone groups is 1. The van der Waals surface area contributed by atoms with Gasteiger partial charge in [-0.1, -0.05) is 6.92 Å². The van der Waals surface area contributed by atoms with Gasteiger partial charge in [0.05, 0.1) is 17.6 Å². The van der Waals surface area contributed by atoms with Gasteiger partial charge in [0.15, 0.2) is 9.84 Å². The van der Waals surface area contributed by atoms with E-state index in [0.29, 0.717) is 12.6 Å². The van der Waals surface area contributed by atoms with E-state index in [4.69, 9.17) is 4.74 Å². The summed E-state index contributed by atoms with van der Waals surface area (Å²) in [4.78, 5) is 0. The number of methoxy groups -OCH3 is 1. The topological polar surface area (TPSA) is 55.4 Å². The van der Waals surface area contributed by atoms with Gasteiger partial charge in [0.1, 0.15) is 0 Å². The fraction of sp³-hybridized carbons (Fsp3) is 1.00. The molecule has 0 aromatic carbocycles. The Morgan fingerprint density at radius 2 is 1.93 bits per heavy atom. The molecule has 0 heterocycles. The van der Waals surface area contributed by atoms with Crippen molar-refractivity contribution >= 4 is 9.84 Å². The minimum atomic E-state index is -3.01. The molecule has 1 N–H and O–H groups in total. The Balaban J connectivity index is 4.02. The quantitative estimate of drug-likeness (QED) is 0.679. The first-order valence-corrected chi connectivity index (χ1v) is 7.09. The molecule has 0 spiro atoms. The van der Waals surface area contributed by atoms with Gasteiger partial charge in [-0.15, -0.1) is 0 Å². The monoisotopic (exact) mass is 237 g/mol. The summed E-state index contributed by atoms with van der Waals surface area (Å²) >= 11 is 0. The summed E-state index contributed by atoms with van der Waals surface area (Å²) in [6.07, 6.45) is 1.00. The zero-order valence-corrected chi connectivity index (χ0v) is 10.9. The summed E-state index contributed by atoms with van der Waals surface area (Å²) in [5.41, 5.74) is 0.